The number of para-hydroxylation sites is 4. The standard InChI is InChI=1S/C37H26N4O.Pt/c1-26-20-21-38-37(22-26)41-33-15-6-5-14-31(33)32-19-18-30(24-36(32)41)42-29-13-9-12-28(23-29)40-25-39(27-10-3-2-4-11-27)34-16-7-8-17-35(34)40;/h2-22H,25H2,1H3;/q-2;+2. The molecule has 210 valence electrons. The van der Waals surface area contributed by atoms with Crippen LogP contribution in [0, 0.1) is 19.1 Å². The van der Waals surface area contributed by atoms with E-state index in [9.17, 15) is 0 Å². The molecule has 0 amide bonds. The average Bonchev–Trinajstić information content (AvgIpc) is 3.58. The number of rotatable bonds is 5. The van der Waals surface area contributed by atoms with Gasteiger partial charge in [-0.3, -0.25) is 0 Å². The summed E-state index contributed by atoms with van der Waals surface area (Å²) in [6.07, 6.45) is 1.85. The summed E-state index contributed by atoms with van der Waals surface area (Å²) in [5.41, 5.74) is 7.56. The Bertz CT molecular complexity index is 2090. The van der Waals surface area contributed by atoms with Crippen LogP contribution in [0.3, 0.4) is 0 Å². The number of ether oxygens (including phenoxy) is 1. The van der Waals surface area contributed by atoms with Crippen LogP contribution in [-0.4, -0.2) is 16.2 Å². The van der Waals surface area contributed by atoms with Crippen LogP contribution >= 0.6 is 0 Å². The molecule has 0 fully saturated rings. The zero-order valence-electron chi connectivity index (χ0n) is 23.3. The Labute approximate surface area is 264 Å². The quantitative estimate of drug-likeness (QED) is 0.165. The van der Waals surface area contributed by atoms with Crippen molar-refractivity contribution in [3.63, 3.8) is 0 Å². The van der Waals surface area contributed by atoms with Gasteiger partial charge in [-0.05, 0) is 60.3 Å². The molecule has 1 aliphatic rings. The summed E-state index contributed by atoms with van der Waals surface area (Å²) in [6.45, 7) is 2.77. The molecule has 0 saturated heterocycles. The van der Waals surface area contributed by atoms with Crippen molar-refractivity contribution in [3.8, 4) is 17.3 Å². The van der Waals surface area contributed by atoms with E-state index in [-0.39, 0.29) is 21.1 Å². The van der Waals surface area contributed by atoms with Crippen LogP contribution in [0.4, 0.5) is 22.7 Å². The number of anilines is 4. The van der Waals surface area contributed by atoms with Crippen LogP contribution in [0.25, 0.3) is 27.6 Å². The van der Waals surface area contributed by atoms with Crippen molar-refractivity contribution in [1.29, 1.82) is 0 Å². The minimum atomic E-state index is 0. The van der Waals surface area contributed by atoms with Gasteiger partial charge in [0, 0.05) is 28.9 Å². The Balaban J connectivity index is 0.00000300. The zero-order valence-corrected chi connectivity index (χ0v) is 25.6. The van der Waals surface area contributed by atoms with E-state index < -0.39 is 0 Å². The molecule has 6 heteroatoms. The Hall–Kier alpha value is -4.86. The van der Waals surface area contributed by atoms with Crippen molar-refractivity contribution in [2.75, 3.05) is 16.5 Å². The Morgan fingerprint density at radius 3 is 2.26 bits per heavy atom. The van der Waals surface area contributed by atoms with Gasteiger partial charge in [-0.15, -0.1) is 35.7 Å². The minimum Gasteiger partial charge on any atom is -0.509 e. The van der Waals surface area contributed by atoms with E-state index >= 15 is 0 Å². The van der Waals surface area contributed by atoms with Crippen LogP contribution in [0.1, 0.15) is 5.56 Å². The minimum absolute atomic E-state index is 0. The maximum atomic E-state index is 6.41. The first-order valence-electron chi connectivity index (χ1n) is 14.0. The summed E-state index contributed by atoms with van der Waals surface area (Å²) in [7, 11) is 0. The second-order valence-electron chi connectivity index (χ2n) is 10.5. The Kier molecular flexibility index (Phi) is 6.96. The van der Waals surface area contributed by atoms with Crippen LogP contribution < -0.4 is 14.5 Å². The largest absolute Gasteiger partial charge is 2.00 e. The number of aryl methyl sites for hydroxylation is 1. The summed E-state index contributed by atoms with van der Waals surface area (Å²) in [4.78, 5) is 9.27. The third kappa shape index (κ3) is 4.76. The molecule has 5 aromatic carbocycles. The molecular formula is C37H26N4OPt. The van der Waals surface area contributed by atoms with Crippen molar-refractivity contribution in [3.05, 3.63) is 145 Å². The molecule has 7 aromatic rings. The first-order valence-corrected chi connectivity index (χ1v) is 14.0. The number of fused-ring (bicyclic) bond motifs is 4. The summed E-state index contributed by atoms with van der Waals surface area (Å²) in [5.74, 6) is 2.12. The first-order chi connectivity index (χ1) is 20.7. The molecule has 43 heavy (non-hydrogen) atoms. The van der Waals surface area contributed by atoms with E-state index in [0.717, 1.165) is 50.2 Å². The predicted octanol–water partition coefficient (Wildman–Crippen LogP) is 9.12. The number of nitrogens with zero attached hydrogens (tertiary/aromatic N) is 4. The van der Waals surface area contributed by atoms with Crippen LogP contribution in [0.15, 0.2) is 128 Å². The summed E-state index contributed by atoms with van der Waals surface area (Å²) < 4.78 is 8.57. The summed E-state index contributed by atoms with van der Waals surface area (Å²) >= 11 is 0. The smallest absolute Gasteiger partial charge is 0.509 e. The number of aromatic nitrogens is 2. The predicted molar refractivity (Wildman–Crippen MR) is 170 cm³/mol. The fourth-order valence-corrected chi connectivity index (χ4v) is 5.83. The normalized spacial score (nSPS) is 12.4. The van der Waals surface area contributed by atoms with Crippen LogP contribution in [0.2, 0.25) is 0 Å². The zero-order chi connectivity index (χ0) is 28.0. The number of hydrogen-bond donors (Lipinski definition) is 0. The number of pyridine rings is 1. The van der Waals surface area contributed by atoms with Gasteiger partial charge in [0.2, 0.25) is 0 Å². The monoisotopic (exact) mass is 737 g/mol. The van der Waals surface area contributed by atoms with Crippen molar-refractivity contribution in [1.82, 2.24) is 9.55 Å². The van der Waals surface area contributed by atoms with Crippen molar-refractivity contribution >= 4 is 44.6 Å². The van der Waals surface area contributed by atoms with Gasteiger partial charge in [0.15, 0.2) is 0 Å². The molecule has 0 aliphatic carbocycles. The average molecular weight is 738 g/mol. The second kappa shape index (κ2) is 11.1. The first kappa shape index (κ1) is 27.0. The van der Waals surface area contributed by atoms with Crippen molar-refractivity contribution in [2.45, 2.75) is 6.92 Å². The van der Waals surface area contributed by atoms with E-state index in [1.807, 2.05) is 36.5 Å². The van der Waals surface area contributed by atoms with Gasteiger partial charge >= 0.3 is 21.1 Å². The van der Waals surface area contributed by atoms with Crippen LogP contribution in [-0.2, 0) is 21.1 Å². The van der Waals surface area contributed by atoms with Gasteiger partial charge in [0.1, 0.15) is 5.82 Å². The molecule has 8 rings (SSSR count). The van der Waals surface area contributed by atoms with E-state index in [1.54, 1.807) is 0 Å². The summed E-state index contributed by atoms with van der Waals surface area (Å²) in [6, 6.07) is 48.6. The van der Waals surface area contributed by atoms with E-state index in [2.05, 4.69) is 129 Å². The van der Waals surface area contributed by atoms with E-state index in [4.69, 9.17) is 4.74 Å². The fraction of sp³-hybridized carbons (Fsp3) is 0.0541. The molecular weight excluding hydrogens is 712 g/mol. The number of hydrogen-bond acceptors (Lipinski definition) is 4. The van der Waals surface area contributed by atoms with Gasteiger partial charge in [-0.25, -0.2) is 4.98 Å². The third-order valence-corrected chi connectivity index (χ3v) is 7.76. The second-order valence-corrected chi connectivity index (χ2v) is 10.5. The molecule has 1 aliphatic heterocycles. The molecule has 2 aromatic heterocycles. The fourth-order valence-electron chi connectivity index (χ4n) is 5.83. The van der Waals surface area contributed by atoms with Gasteiger partial charge in [-0.1, -0.05) is 59.7 Å². The third-order valence-electron chi connectivity index (χ3n) is 7.76. The maximum Gasteiger partial charge on any atom is 2.00 e. The Morgan fingerprint density at radius 1 is 0.674 bits per heavy atom. The Morgan fingerprint density at radius 2 is 1.42 bits per heavy atom. The van der Waals surface area contributed by atoms with Crippen LogP contribution in [0.5, 0.6) is 11.5 Å². The maximum absolute atomic E-state index is 6.41. The van der Waals surface area contributed by atoms with Crippen molar-refractivity contribution < 1.29 is 25.8 Å². The van der Waals surface area contributed by atoms with Gasteiger partial charge < -0.3 is 19.1 Å². The molecule has 0 radical (unpaired) electrons. The number of benzene rings is 5. The molecule has 3 heterocycles. The topological polar surface area (TPSA) is 33.5 Å². The SMILES string of the molecule is Cc1ccnc(-n2c3[c-]c(Oc4[c-]c(N5CN(c6ccccc6)c6ccccc65)ccc4)ccc3c3ccccc32)c1.[Pt+2]. The van der Waals surface area contributed by atoms with E-state index in [0.29, 0.717) is 18.2 Å². The van der Waals surface area contributed by atoms with Gasteiger partial charge in [-0.2, -0.15) is 12.1 Å². The molecule has 0 N–H and O–H groups in total. The van der Waals surface area contributed by atoms with Crippen molar-refractivity contribution in [2.24, 2.45) is 0 Å². The van der Waals surface area contributed by atoms with E-state index in [1.165, 1.54) is 5.69 Å². The van der Waals surface area contributed by atoms with Gasteiger partial charge in [0.05, 0.1) is 18.0 Å². The van der Waals surface area contributed by atoms with Gasteiger partial charge in [0.25, 0.3) is 0 Å². The molecule has 0 saturated carbocycles. The molecule has 0 bridgehead atoms. The molecule has 5 nitrogen and oxygen atoms in total. The molecule has 0 atom stereocenters. The molecule has 0 unspecified atom stereocenters. The summed E-state index contributed by atoms with van der Waals surface area (Å²) in [5, 5.41) is 2.26. The molecule has 0 spiro atoms.